The van der Waals surface area contributed by atoms with Crippen molar-refractivity contribution in [3.8, 4) is 0 Å². The highest BCUT2D eigenvalue weighted by Gasteiger charge is 2.48. The third-order valence-corrected chi connectivity index (χ3v) is 5.30. The molecular formula is C20H21NO. The van der Waals surface area contributed by atoms with Gasteiger partial charge in [-0.1, -0.05) is 67.1 Å². The second-order valence-electron chi connectivity index (χ2n) is 6.63. The zero-order chi connectivity index (χ0) is 15.0. The lowest BCUT2D eigenvalue weighted by atomic mass is 9.64. The van der Waals surface area contributed by atoms with Gasteiger partial charge in [-0.25, -0.2) is 0 Å². The Morgan fingerprint density at radius 2 is 1.59 bits per heavy atom. The van der Waals surface area contributed by atoms with E-state index < -0.39 is 0 Å². The number of carbonyl (C=O) groups excluding carboxylic acids is 1. The Labute approximate surface area is 131 Å². The summed E-state index contributed by atoms with van der Waals surface area (Å²) in [5.41, 5.74) is 2.25. The topological polar surface area (TPSA) is 29.1 Å². The number of rotatable bonds is 4. The Morgan fingerprint density at radius 3 is 2.18 bits per heavy atom. The third kappa shape index (κ3) is 2.23. The molecule has 2 aromatic carbocycles. The standard InChI is InChI=1S/C20H21NO/c22-19(20(12-7-13-20)16-10-5-2-6-11-16)21-18-14-17(18)15-8-3-1-4-9-15/h1-6,8-11,17-18H,7,12-14H2,(H,21,22)/t17-,18+/m1/s1. The van der Waals surface area contributed by atoms with Gasteiger partial charge in [-0.05, 0) is 30.4 Å². The average Bonchev–Trinajstić information content (AvgIpc) is 3.27. The van der Waals surface area contributed by atoms with Gasteiger partial charge in [-0.15, -0.1) is 0 Å². The molecule has 2 aliphatic carbocycles. The van der Waals surface area contributed by atoms with Crippen LogP contribution in [0.5, 0.6) is 0 Å². The monoisotopic (exact) mass is 291 g/mol. The number of hydrogen-bond donors (Lipinski definition) is 1. The normalized spacial score (nSPS) is 25.1. The number of carbonyl (C=O) groups is 1. The quantitative estimate of drug-likeness (QED) is 0.912. The lowest BCUT2D eigenvalue weighted by molar-refractivity contribution is -0.130. The van der Waals surface area contributed by atoms with E-state index in [9.17, 15) is 4.79 Å². The number of nitrogens with one attached hydrogen (secondary N) is 1. The van der Waals surface area contributed by atoms with Gasteiger partial charge in [0.1, 0.15) is 0 Å². The summed E-state index contributed by atoms with van der Waals surface area (Å²) in [7, 11) is 0. The molecule has 2 heteroatoms. The molecule has 1 amide bonds. The van der Waals surface area contributed by atoms with Crippen LogP contribution in [0.15, 0.2) is 60.7 Å². The van der Waals surface area contributed by atoms with E-state index in [1.807, 2.05) is 24.3 Å². The fraction of sp³-hybridized carbons (Fsp3) is 0.350. The van der Waals surface area contributed by atoms with Gasteiger partial charge >= 0.3 is 0 Å². The van der Waals surface area contributed by atoms with Crippen LogP contribution in [0.4, 0.5) is 0 Å². The van der Waals surface area contributed by atoms with Gasteiger partial charge in [-0.2, -0.15) is 0 Å². The first-order chi connectivity index (χ1) is 10.8. The first kappa shape index (κ1) is 13.6. The molecule has 0 radical (unpaired) electrons. The van der Waals surface area contributed by atoms with Crippen molar-refractivity contribution in [1.29, 1.82) is 0 Å². The largest absolute Gasteiger partial charge is 0.352 e. The molecule has 0 aliphatic heterocycles. The minimum atomic E-state index is -0.273. The molecule has 2 saturated carbocycles. The Hall–Kier alpha value is -2.09. The second-order valence-corrected chi connectivity index (χ2v) is 6.63. The van der Waals surface area contributed by atoms with Gasteiger partial charge in [0.2, 0.25) is 5.91 Å². The first-order valence-corrected chi connectivity index (χ1v) is 8.21. The zero-order valence-corrected chi connectivity index (χ0v) is 12.7. The van der Waals surface area contributed by atoms with Gasteiger partial charge in [0, 0.05) is 12.0 Å². The summed E-state index contributed by atoms with van der Waals surface area (Å²) in [5.74, 6) is 0.728. The maximum absolute atomic E-state index is 12.9. The van der Waals surface area contributed by atoms with Crippen molar-refractivity contribution in [1.82, 2.24) is 5.32 Å². The van der Waals surface area contributed by atoms with Crippen LogP contribution in [0, 0.1) is 0 Å². The van der Waals surface area contributed by atoms with E-state index in [0.29, 0.717) is 12.0 Å². The van der Waals surface area contributed by atoms with Crippen LogP contribution in [0.3, 0.4) is 0 Å². The van der Waals surface area contributed by atoms with E-state index in [0.717, 1.165) is 25.7 Å². The van der Waals surface area contributed by atoms with Crippen molar-refractivity contribution < 1.29 is 4.79 Å². The highest BCUT2D eigenvalue weighted by atomic mass is 16.2. The molecule has 2 fully saturated rings. The highest BCUT2D eigenvalue weighted by Crippen LogP contribution is 2.46. The predicted molar refractivity (Wildman–Crippen MR) is 87.7 cm³/mol. The summed E-state index contributed by atoms with van der Waals surface area (Å²) in [6, 6.07) is 21.1. The lowest BCUT2D eigenvalue weighted by Gasteiger charge is -2.40. The highest BCUT2D eigenvalue weighted by molar-refractivity contribution is 5.89. The number of amides is 1. The SMILES string of the molecule is O=C(N[C@H]1C[C@@H]1c1ccccc1)C1(c2ccccc2)CCC1. The van der Waals surface area contributed by atoms with Gasteiger partial charge in [0.15, 0.2) is 0 Å². The van der Waals surface area contributed by atoms with Crippen LogP contribution >= 0.6 is 0 Å². The minimum Gasteiger partial charge on any atom is -0.352 e. The van der Waals surface area contributed by atoms with Crippen LogP contribution in [0.2, 0.25) is 0 Å². The van der Waals surface area contributed by atoms with Crippen LogP contribution < -0.4 is 5.32 Å². The van der Waals surface area contributed by atoms with Crippen molar-refractivity contribution in [3.63, 3.8) is 0 Å². The summed E-state index contributed by atoms with van der Waals surface area (Å²) < 4.78 is 0. The van der Waals surface area contributed by atoms with Crippen LogP contribution in [0.25, 0.3) is 0 Å². The average molecular weight is 291 g/mol. The predicted octanol–water partition coefficient (Wildman–Crippen LogP) is 3.78. The summed E-state index contributed by atoms with van der Waals surface area (Å²) in [6.07, 6.45) is 4.17. The molecule has 0 saturated heterocycles. The molecule has 0 spiro atoms. The molecule has 112 valence electrons. The molecular weight excluding hydrogens is 270 g/mol. The summed E-state index contributed by atoms with van der Waals surface area (Å²) in [4.78, 5) is 12.9. The van der Waals surface area contributed by atoms with E-state index in [1.54, 1.807) is 0 Å². The zero-order valence-electron chi connectivity index (χ0n) is 12.7. The third-order valence-electron chi connectivity index (χ3n) is 5.30. The molecule has 2 atom stereocenters. The Kier molecular flexibility index (Phi) is 3.25. The van der Waals surface area contributed by atoms with Gasteiger partial charge in [-0.3, -0.25) is 4.79 Å². The second kappa shape index (κ2) is 5.28. The fourth-order valence-corrected chi connectivity index (χ4v) is 3.66. The van der Waals surface area contributed by atoms with E-state index in [4.69, 9.17) is 0 Å². The number of hydrogen-bond acceptors (Lipinski definition) is 1. The first-order valence-electron chi connectivity index (χ1n) is 8.21. The van der Waals surface area contributed by atoms with E-state index in [2.05, 4.69) is 41.7 Å². The molecule has 2 nitrogen and oxygen atoms in total. The molecule has 2 aliphatic rings. The van der Waals surface area contributed by atoms with E-state index in [1.165, 1.54) is 11.1 Å². The molecule has 2 aromatic rings. The van der Waals surface area contributed by atoms with Crippen LogP contribution in [-0.4, -0.2) is 11.9 Å². The maximum Gasteiger partial charge on any atom is 0.230 e. The van der Waals surface area contributed by atoms with Crippen molar-refractivity contribution in [3.05, 3.63) is 71.8 Å². The molecule has 22 heavy (non-hydrogen) atoms. The maximum atomic E-state index is 12.9. The summed E-state index contributed by atoms with van der Waals surface area (Å²) in [6.45, 7) is 0. The van der Waals surface area contributed by atoms with Gasteiger partial charge < -0.3 is 5.32 Å². The fourth-order valence-electron chi connectivity index (χ4n) is 3.66. The summed E-state index contributed by atoms with van der Waals surface area (Å²) >= 11 is 0. The van der Waals surface area contributed by atoms with E-state index in [-0.39, 0.29) is 11.3 Å². The van der Waals surface area contributed by atoms with E-state index >= 15 is 0 Å². The Morgan fingerprint density at radius 1 is 0.955 bits per heavy atom. The molecule has 0 bridgehead atoms. The molecule has 0 aromatic heterocycles. The smallest absolute Gasteiger partial charge is 0.230 e. The minimum absolute atomic E-state index is 0.230. The molecule has 4 rings (SSSR count). The van der Waals surface area contributed by atoms with Crippen molar-refractivity contribution in [2.24, 2.45) is 0 Å². The number of benzene rings is 2. The lowest BCUT2D eigenvalue weighted by Crippen LogP contribution is -2.50. The van der Waals surface area contributed by atoms with Crippen molar-refractivity contribution in [2.75, 3.05) is 0 Å². The van der Waals surface area contributed by atoms with Crippen LogP contribution in [-0.2, 0) is 10.2 Å². The van der Waals surface area contributed by atoms with Crippen LogP contribution in [0.1, 0.15) is 42.7 Å². The van der Waals surface area contributed by atoms with Gasteiger partial charge in [0.05, 0.1) is 5.41 Å². The Bertz CT molecular complexity index is 661. The van der Waals surface area contributed by atoms with Crippen molar-refractivity contribution >= 4 is 5.91 Å². The van der Waals surface area contributed by atoms with Crippen molar-refractivity contribution in [2.45, 2.75) is 43.1 Å². The summed E-state index contributed by atoms with van der Waals surface area (Å²) in [5, 5.41) is 3.30. The molecule has 1 N–H and O–H groups in total. The molecule has 0 heterocycles. The Balaban J connectivity index is 1.47. The van der Waals surface area contributed by atoms with Gasteiger partial charge in [0.25, 0.3) is 0 Å². The molecule has 0 unspecified atom stereocenters.